The average molecular weight is 251 g/mol. The Balaban J connectivity index is 2.95. The number of hydrogen-bond donors (Lipinski definition) is 3. The summed E-state index contributed by atoms with van der Waals surface area (Å²) in [5.74, 6) is -1.03. The largest absolute Gasteiger partial charge is 0.478 e. The zero-order valence-electron chi connectivity index (χ0n) is 10.6. The molecule has 0 aromatic carbocycles. The Bertz CT molecular complexity index is 472. The van der Waals surface area contributed by atoms with E-state index in [-0.39, 0.29) is 11.5 Å². The van der Waals surface area contributed by atoms with Gasteiger partial charge in [0.25, 0.3) is 0 Å². The maximum absolute atomic E-state index is 11.2. The minimum Gasteiger partial charge on any atom is -0.478 e. The SMILES string of the molecule is Cc1nc(NC(C(N)=O)C(C)C)ccc1C(=O)O. The lowest BCUT2D eigenvalue weighted by Crippen LogP contribution is -2.39. The van der Waals surface area contributed by atoms with Crippen molar-refractivity contribution >= 4 is 17.7 Å². The first kappa shape index (κ1) is 14.0. The van der Waals surface area contributed by atoms with Gasteiger partial charge in [-0.25, -0.2) is 9.78 Å². The normalized spacial score (nSPS) is 12.2. The Morgan fingerprint density at radius 3 is 2.39 bits per heavy atom. The molecule has 4 N–H and O–H groups in total. The van der Waals surface area contributed by atoms with Gasteiger partial charge in [-0.05, 0) is 25.0 Å². The molecule has 0 fully saturated rings. The first-order chi connectivity index (χ1) is 8.32. The second-order valence-corrected chi connectivity index (χ2v) is 4.40. The van der Waals surface area contributed by atoms with Crippen molar-refractivity contribution < 1.29 is 14.7 Å². The number of carbonyl (C=O) groups excluding carboxylic acids is 1. The van der Waals surface area contributed by atoms with Crippen LogP contribution in [0.3, 0.4) is 0 Å². The van der Waals surface area contributed by atoms with Crippen LogP contribution in [0, 0.1) is 12.8 Å². The van der Waals surface area contributed by atoms with E-state index in [1.165, 1.54) is 12.1 Å². The summed E-state index contributed by atoms with van der Waals surface area (Å²) in [5, 5.41) is 11.8. The Morgan fingerprint density at radius 2 is 2.00 bits per heavy atom. The number of carboxylic acids is 1. The fraction of sp³-hybridized carbons (Fsp3) is 0.417. The van der Waals surface area contributed by atoms with E-state index in [1.807, 2.05) is 13.8 Å². The fourth-order valence-corrected chi connectivity index (χ4v) is 1.59. The number of primary amides is 1. The van der Waals surface area contributed by atoms with E-state index in [0.29, 0.717) is 11.5 Å². The molecule has 0 aliphatic rings. The molecule has 1 aromatic heterocycles. The molecule has 0 aliphatic heterocycles. The van der Waals surface area contributed by atoms with Crippen LogP contribution in [0.15, 0.2) is 12.1 Å². The second-order valence-electron chi connectivity index (χ2n) is 4.40. The number of carboxylic acid groups (broad SMARTS) is 1. The van der Waals surface area contributed by atoms with Gasteiger partial charge in [-0.3, -0.25) is 4.79 Å². The number of hydrogen-bond acceptors (Lipinski definition) is 4. The number of nitrogens with zero attached hydrogens (tertiary/aromatic N) is 1. The highest BCUT2D eigenvalue weighted by atomic mass is 16.4. The quantitative estimate of drug-likeness (QED) is 0.724. The van der Waals surface area contributed by atoms with E-state index < -0.39 is 17.9 Å². The summed E-state index contributed by atoms with van der Waals surface area (Å²) in [4.78, 5) is 26.2. The van der Waals surface area contributed by atoms with Crippen LogP contribution in [-0.2, 0) is 4.79 Å². The van der Waals surface area contributed by atoms with E-state index in [4.69, 9.17) is 10.8 Å². The van der Waals surface area contributed by atoms with Gasteiger partial charge in [0.05, 0.1) is 11.3 Å². The number of aromatic nitrogens is 1. The molecular weight excluding hydrogens is 234 g/mol. The zero-order chi connectivity index (χ0) is 13.9. The van der Waals surface area contributed by atoms with Crippen LogP contribution in [0.25, 0.3) is 0 Å². The number of anilines is 1. The molecule has 6 heteroatoms. The second kappa shape index (κ2) is 5.48. The predicted molar refractivity (Wildman–Crippen MR) is 67.4 cm³/mol. The highest BCUT2D eigenvalue weighted by molar-refractivity contribution is 5.89. The summed E-state index contributed by atoms with van der Waals surface area (Å²) in [7, 11) is 0. The van der Waals surface area contributed by atoms with Crippen LogP contribution in [0.4, 0.5) is 5.82 Å². The van der Waals surface area contributed by atoms with Crippen molar-refractivity contribution in [3.8, 4) is 0 Å². The lowest BCUT2D eigenvalue weighted by molar-refractivity contribution is -0.119. The number of nitrogens with two attached hydrogens (primary N) is 1. The number of aromatic carboxylic acids is 1. The smallest absolute Gasteiger partial charge is 0.337 e. The maximum Gasteiger partial charge on any atom is 0.337 e. The maximum atomic E-state index is 11.2. The third kappa shape index (κ3) is 3.19. The number of rotatable bonds is 5. The summed E-state index contributed by atoms with van der Waals surface area (Å²) < 4.78 is 0. The molecule has 1 rings (SSSR count). The van der Waals surface area contributed by atoms with Crippen molar-refractivity contribution in [2.75, 3.05) is 5.32 Å². The van der Waals surface area contributed by atoms with Gasteiger partial charge in [0.15, 0.2) is 0 Å². The Morgan fingerprint density at radius 1 is 1.39 bits per heavy atom. The van der Waals surface area contributed by atoms with Crippen molar-refractivity contribution in [1.82, 2.24) is 4.98 Å². The molecule has 0 spiro atoms. The van der Waals surface area contributed by atoms with Gasteiger partial charge in [-0.2, -0.15) is 0 Å². The molecule has 0 saturated heterocycles. The molecule has 0 bridgehead atoms. The van der Waals surface area contributed by atoms with Gasteiger partial charge in [-0.15, -0.1) is 0 Å². The monoisotopic (exact) mass is 251 g/mol. The summed E-state index contributed by atoms with van der Waals surface area (Å²) in [6.07, 6.45) is 0. The minimum atomic E-state index is -1.03. The lowest BCUT2D eigenvalue weighted by Gasteiger charge is -2.19. The number of carbonyl (C=O) groups is 2. The molecule has 18 heavy (non-hydrogen) atoms. The molecule has 1 atom stereocenters. The molecule has 0 saturated carbocycles. The highest BCUT2D eigenvalue weighted by Gasteiger charge is 2.20. The topological polar surface area (TPSA) is 105 Å². The molecule has 0 aliphatic carbocycles. The third-order valence-electron chi connectivity index (χ3n) is 2.59. The molecule has 1 unspecified atom stereocenters. The summed E-state index contributed by atoms with van der Waals surface area (Å²) in [6, 6.07) is 2.44. The first-order valence-electron chi connectivity index (χ1n) is 5.59. The fourth-order valence-electron chi connectivity index (χ4n) is 1.59. The van der Waals surface area contributed by atoms with Gasteiger partial charge in [-0.1, -0.05) is 13.8 Å². The molecule has 1 amide bonds. The van der Waals surface area contributed by atoms with Gasteiger partial charge in [0.1, 0.15) is 11.9 Å². The van der Waals surface area contributed by atoms with E-state index in [2.05, 4.69) is 10.3 Å². The van der Waals surface area contributed by atoms with E-state index in [9.17, 15) is 9.59 Å². The molecular formula is C12H17N3O3. The number of amides is 1. The van der Waals surface area contributed by atoms with Crippen LogP contribution in [0.1, 0.15) is 29.9 Å². The molecule has 98 valence electrons. The van der Waals surface area contributed by atoms with Crippen LogP contribution in [-0.4, -0.2) is 28.0 Å². The summed E-state index contributed by atoms with van der Waals surface area (Å²) in [5.41, 5.74) is 5.81. The first-order valence-corrected chi connectivity index (χ1v) is 5.59. The van der Waals surface area contributed by atoms with Crippen molar-refractivity contribution in [3.63, 3.8) is 0 Å². The van der Waals surface area contributed by atoms with Gasteiger partial charge in [0, 0.05) is 0 Å². The third-order valence-corrected chi connectivity index (χ3v) is 2.59. The predicted octanol–water partition coefficient (Wildman–Crippen LogP) is 1.01. The number of aryl methyl sites for hydroxylation is 1. The standard InChI is InChI=1S/C12H17N3O3/c1-6(2)10(11(13)16)15-9-5-4-8(12(17)18)7(3)14-9/h4-6,10H,1-3H3,(H2,13,16)(H,14,15)(H,17,18). The molecule has 1 aromatic rings. The summed E-state index contributed by atoms with van der Waals surface area (Å²) >= 11 is 0. The number of pyridine rings is 1. The minimum absolute atomic E-state index is 0.0174. The van der Waals surface area contributed by atoms with Crippen LogP contribution in [0.2, 0.25) is 0 Å². The van der Waals surface area contributed by atoms with Crippen LogP contribution >= 0.6 is 0 Å². The summed E-state index contributed by atoms with van der Waals surface area (Å²) in [6.45, 7) is 5.32. The van der Waals surface area contributed by atoms with Gasteiger partial charge in [0.2, 0.25) is 5.91 Å². The van der Waals surface area contributed by atoms with Gasteiger partial charge < -0.3 is 16.2 Å². The van der Waals surface area contributed by atoms with Crippen molar-refractivity contribution in [1.29, 1.82) is 0 Å². The van der Waals surface area contributed by atoms with E-state index >= 15 is 0 Å². The van der Waals surface area contributed by atoms with Crippen LogP contribution in [0.5, 0.6) is 0 Å². The lowest BCUT2D eigenvalue weighted by atomic mass is 10.0. The number of nitrogens with one attached hydrogen (secondary N) is 1. The van der Waals surface area contributed by atoms with Crippen LogP contribution < -0.4 is 11.1 Å². The Kier molecular flexibility index (Phi) is 4.25. The Labute approximate surface area is 105 Å². The average Bonchev–Trinajstić information content (AvgIpc) is 2.24. The zero-order valence-corrected chi connectivity index (χ0v) is 10.6. The van der Waals surface area contributed by atoms with E-state index in [0.717, 1.165) is 0 Å². The Hall–Kier alpha value is -2.11. The van der Waals surface area contributed by atoms with Gasteiger partial charge >= 0.3 is 5.97 Å². The molecule has 1 heterocycles. The van der Waals surface area contributed by atoms with Crippen molar-refractivity contribution in [2.45, 2.75) is 26.8 Å². The van der Waals surface area contributed by atoms with Crippen molar-refractivity contribution in [3.05, 3.63) is 23.4 Å². The molecule has 0 radical (unpaired) electrons. The van der Waals surface area contributed by atoms with E-state index in [1.54, 1.807) is 6.92 Å². The highest BCUT2D eigenvalue weighted by Crippen LogP contribution is 2.14. The molecule has 6 nitrogen and oxygen atoms in total. The van der Waals surface area contributed by atoms with Crippen molar-refractivity contribution in [2.24, 2.45) is 11.7 Å².